The van der Waals surface area contributed by atoms with Crippen LogP contribution < -0.4 is 10.1 Å². The van der Waals surface area contributed by atoms with Crippen molar-refractivity contribution in [2.75, 3.05) is 0 Å². The Balaban J connectivity index is 1.85. The molecule has 0 aliphatic carbocycles. The molecule has 0 heterocycles. The van der Waals surface area contributed by atoms with Crippen LogP contribution >= 0.6 is 0 Å². The number of hydrogen-bond acceptors (Lipinski definition) is 4. The number of rotatable bonds is 6. The van der Waals surface area contributed by atoms with Crippen LogP contribution in [-0.2, 0) is 11.3 Å². The van der Waals surface area contributed by atoms with Gasteiger partial charge in [0.05, 0.1) is 4.92 Å². The van der Waals surface area contributed by atoms with Crippen LogP contribution in [0.15, 0.2) is 54.6 Å². The predicted octanol–water partition coefficient (Wildman–Crippen LogP) is 2.68. The third kappa shape index (κ3) is 4.31. The van der Waals surface area contributed by atoms with Gasteiger partial charge in [-0.05, 0) is 24.6 Å². The van der Waals surface area contributed by atoms with Gasteiger partial charge in [-0.2, -0.15) is 0 Å². The number of non-ortho nitro benzene ring substituents is 1. The Kier molecular flexibility index (Phi) is 5.08. The molecule has 1 N–H and O–H groups in total. The number of nitrogens with zero attached hydrogens (tertiary/aromatic N) is 1. The monoisotopic (exact) mass is 300 g/mol. The van der Waals surface area contributed by atoms with Crippen LogP contribution in [0, 0.1) is 10.1 Å². The molecule has 0 radical (unpaired) electrons. The molecule has 6 heteroatoms. The summed E-state index contributed by atoms with van der Waals surface area (Å²) in [6, 6.07) is 15.1. The average molecular weight is 300 g/mol. The summed E-state index contributed by atoms with van der Waals surface area (Å²) in [7, 11) is 0. The summed E-state index contributed by atoms with van der Waals surface area (Å²) in [4.78, 5) is 22.1. The molecular formula is C16H16N2O4. The molecule has 22 heavy (non-hydrogen) atoms. The van der Waals surface area contributed by atoms with Gasteiger partial charge in [0.15, 0.2) is 6.10 Å². The molecule has 1 amide bonds. The molecule has 0 saturated heterocycles. The predicted molar refractivity (Wildman–Crippen MR) is 81.5 cm³/mol. The first-order valence-corrected chi connectivity index (χ1v) is 6.79. The van der Waals surface area contributed by atoms with Crippen molar-refractivity contribution in [2.24, 2.45) is 0 Å². The summed E-state index contributed by atoms with van der Waals surface area (Å²) in [5.41, 5.74) is 0.807. The van der Waals surface area contributed by atoms with Crippen LogP contribution in [0.2, 0.25) is 0 Å². The summed E-state index contributed by atoms with van der Waals surface area (Å²) in [6.45, 7) is 1.96. The van der Waals surface area contributed by atoms with Crippen LogP contribution in [0.1, 0.15) is 12.5 Å². The van der Waals surface area contributed by atoms with Gasteiger partial charge in [0.25, 0.3) is 11.6 Å². The van der Waals surface area contributed by atoms with Gasteiger partial charge >= 0.3 is 0 Å². The summed E-state index contributed by atoms with van der Waals surface area (Å²) < 4.78 is 5.51. The summed E-state index contributed by atoms with van der Waals surface area (Å²) in [5, 5.41) is 13.3. The van der Waals surface area contributed by atoms with Crippen molar-refractivity contribution in [2.45, 2.75) is 19.6 Å². The Morgan fingerprint density at radius 1 is 1.18 bits per heavy atom. The number of nitrogens with one attached hydrogen (secondary N) is 1. The molecule has 0 aliphatic heterocycles. The Morgan fingerprint density at radius 2 is 1.82 bits per heavy atom. The minimum absolute atomic E-state index is 0.0239. The maximum absolute atomic E-state index is 12.0. The summed E-state index contributed by atoms with van der Waals surface area (Å²) >= 11 is 0. The third-order valence-corrected chi connectivity index (χ3v) is 3.04. The van der Waals surface area contributed by atoms with E-state index in [-0.39, 0.29) is 11.6 Å². The lowest BCUT2D eigenvalue weighted by atomic mass is 10.2. The van der Waals surface area contributed by atoms with E-state index in [1.54, 1.807) is 31.2 Å². The number of benzene rings is 2. The van der Waals surface area contributed by atoms with Gasteiger partial charge in [0.1, 0.15) is 5.75 Å². The van der Waals surface area contributed by atoms with E-state index in [1.165, 1.54) is 12.1 Å². The fourth-order valence-corrected chi connectivity index (χ4v) is 1.83. The standard InChI is InChI=1S/C16H16N2O4/c1-12(22-15-5-3-2-4-6-15)16(19)17-11-13-7-9-14(10-8-13)18(20)21/h2-10,12H,11H2,1H3,(H,17,19). The van der Waals surface area contributed by atoms with Crippen molar-refractivity contribution >= 4 is 11.6 Å². The highest BCUT2D eigenvalue weighted by molar-refractivity contribution is 5.80. The molecule has 1 atom stereocenters. The summed E-state index contributed by atoms with van der Waals surface area (Å²) in [6.07, 6.45) is -0.625. The topological polar surface area (TPSA) is 81.5 Å². The second kappa shape index (κ2) is 7.21. The lowest BCUT2D eigenvalue weighted by Gasteiger charge is -2.14. The largest absolute Gasteiger partial charge is 0.481 e. The van der Waals surface area contributed by atoms with E-state index in [1.807, 2.05) is 18.2 Å². The zero-order valence-corrected chi connectivity index (χ0v) is 12.1. The van der Waals surface area contributed by atoms with E-state index >= 15 is 0 Å². The fraction of sp³-hybridized carbons (Fsp3) is 0.188. The number of hydrogen-bond donors (Lipinski definition) is 1. The quantitative estimate of drug-likeness (QED) is 0.657. The van der Waals surface area contributed by atoms with Gasteiger partial charge in [0.2, 0.25) is 0 Å². The Morgan fingerprint density at radius 3 is 2.41 bits per heavy atom. The lowest BCUT2D eigenvalue weighted by molar-refractivity contribution is -0.384. The maximum atomic E-state index is 12.0. The number of nitro groups is 1. The second-order valence-electron chi connectivity index (χ2n) is 4.71. The molecule has 2 rings (SSSR count). The minimum Gasteiger partial charge on any atom is -0.481 e. The van der Waals surface area contributed by atoms with Crippen molar-refractivity contribution in [3.63, 3.8) is 0 Å². The second-order valence-corrected chi connectivity index (χ2v) is 4.71. The van der Waals surface area contributed by atoms with Crippen molar-refractivity contribution in [1.82, 2.24) is 5.32 Å². The molecule has 0 bridgehead atoms. The van der Waals surface area contributed by atoms with Crippen LogP contribution in [0.3, 0.4) is 0 Å². The highest BCUT2D eigenvalue weighted by Gasteiger charge is 2.14. The SMILES string of the molecule is CC(Oc1ccccc1)C(=O)NCc1ccc([N+](=O)[O-])cc1. The molecule has 1 unspecified atom stereocenters. The molecule has 2 aromatic rings. The first-order chi connectivity index (χ1) is 10.6. The molecule has 0 fully saturated rings. The molecule has 0 aromatic heterocycles. The zero-order valence-electron chi connectivity index (χ0n) is 12.1. The fourth-order valence-electron chi connectivity index (χ4n) is 1.83. The van der Waals surface area contributed by atoms with Gasteiger partial charge in [-0.3, -0.25) is 14.9 Å². The normalized spacial score (nSPS) is 11.5. The third-order valence-electron chi connectivity index (χ3n) is 3.04. The highest BCUT2D eigenvalue weighted by Crippen LogP contribution is 2.12. The maximum Gasteiger partial charge on any atom is 0.269 e. The number of nitro benzene ring substituents is 1. The average Bonchev–Trinajstić information content (AvgIpc) is 2.53. The first-order valence-electron chi connectivity index (χ1n) is 6.79. The smallest absolute Gasteiger partial charge is 0.269 e. The number of ether oxygens (including phenoxy) is 1. The van der Waals surface area contributed by atoms with E-state index in [9.17, 15) is 14.9 Å². The molecule has 2 aromatic carbocycles. The molecule has 114 valence electrons. The van der Waals surface area contributed by atoms with E-state index < -0.39 is 11.0 Å². The van der Waals surface area contributed by atoms with Gasteiger partial charge in [-0.15, -0.1) is 0 Å². The zero-order chi connectivity index (χ0) is 15.9. The molecule has 0 aliphatic rings. The highest BCUT2D eigenvalue weighted by atomic mass is 16.6. The molecule has 0 spiro atoms. The van der Waals surface area contributed by atoms with E-state index in [2.05, 4.69) is 5.32 Å². The van der Waals surface area contributed by atoms with E-state index in [4.69, 9.17) is 4.74 Å². The van der Waals surface area contributed by atoms with Crippen LogP contribution in [0.5, 0.6) is 5.75 Å². The number of carbonyl (C=O) groups is 1. The van der Waals surface area contributed by atoms with E-state index in [0.717, 1.165) is 5.56 Å². The number of carbonyl (C=O) groups excluding carboxylic acids is 1. The lowest BCUT2D eigenvalue weighted by Crippen LogP contribution is -2.35. The number of amides is 1. The van der Waals surface area contributed by atoms with Crippen LogP contribution in [-0.4, -0.2) is 16.9 Å². The van der Waals surface area contributed by atoms with Crippen molar-refractivity contribution in [3.05, 3.63) is 70.3 Å². The van der Waals surface area contributed by atoms with Crippen molar-refractivity contribution in [1.29, 1.82) is 0 Å². The first kappa shape index (κ1) is 15.5. The van der Waals surface area contributed by atoms with Crippen LogP contribution in [0.25, 0.3) is 0 Å². The Bertz CT molecular complexity index is 641. The molecule has 6 nitrogen and oxygen atoms in total. The molecule has 0 saturated carbocycles. The minimum atomic E-state index is -0.625. The van der Waals surface area contributed by atoms with Gasteiger partial charge in [-0.1, -0.05) is 30.3 Å². The van der Waals surface area contributed by atoms with Gasteiger partial charge < -0.3 is 10.1 Å². The van der Waals surface area contributed by atoms with Crippen molar-refractivity contribution < 1.29 is 14.5 Å². The summed E-state index contributed by atoms with van der Waals surface area (Å²) in [5.74, 6) is 0.377. The van der Waals surface area contributed by atoms with Crippen molar-refractivity contribution in [3.8, 4) is 5.75 Å². The van der Waals surface area contributed by atoms with Gasteiger partial charge in [-0.25, -0.2) is 0 Å². The Labute approximate surface area is 127 Å². The number of para-hydroxylation sites is 1. The molecular weight excluding hydrogens is 284 g/mol. The van der Waals surface area contributed by atoms with Crippen LogP contribution in [0.4, 0.5) is 5.69 Å². The van der Waals surface area contributed by atoms with Gasteiger partial charge in [0, 0.05) is 18.7 Å². The Hall–Kier alpha value is -2.89. The van der Waals surface area contributed by atoms with E-state index in [0.29, 0.717) is 12.3 Å².